The zero-order valence-electron chi connectivity index (χ0n) is 11.7. The lowest BCUT2D eigenvalue weighted by Gasteiger charge is -2.09. The highest BCUT2D eigenvalue weighted by Crippen LogP contribution is 2.42. The molecule has 6 nitrogen and oxygen atoms in total. The second-order valence-corrected chi connectivity index (χ2v) is 7.22. The van der Waals surface area contributed by atoms with Crippen molar-refractivity contribution in [2.24, 2.45) is 5.14 Å². The maximum absolute atomic E-state index is 11.7. The minimum absolute atomic E-state index is 0.0311. The van der Waals surface area contributed by atoms with Crippen LogP contribution in [0.4, 0.5) is 0 Å². The third kappa shape index (κ3) is 2.28. The number of sulfonamides is 1. The molecule has 4 rings (SSSR count). The number of aromatic nitrogens is 1. The van der Waals surface area contributed by atoms with Crippen molar-refractivity contribution >= 4 is 32.6 Å². The Balaban J connectivity index is 1.82. The smallest absolute Gasteiger partial charge is 0.241 e. The topological polar surface area (TPSA) is 95.4 Å². The molecular formula is C15H11ClN2O4S. The summed E-state index contributed by atoms with van der Waals surface area (Å²) >= 11 is 6.23. The lowest BCUT2D eigenvalue weighted by atomic mass is 10.1. The number of nitrogens with two attached hydrogens (primary N) is 1. The summed E-state index contributed by atoms with van der Waals surface area (Å²) in [5.41, 5.74) is 1.85. The number of ether oxygens (including phenoxy) is 1. The van der Waals surface area contributed by atoms with Gasteiger partial charge in [-0.15, -0.1) is 0 Å². The number of benzene rings is 2. The standard InChI is InChI=1S/C15H11ClN2O4S/c16-9-4-2-5-10-13(9)14(18-22-10)11-7-8-3-1-6-12(15(8)21-11)23(17,19)20/h1-6,11H,7H2,(H2,17,19,20). The van der Waals surface area contributed by atoms with E-state index in [4.69, 9.17) is 26.0 Å². The molecular weight excluding hydrogens is 340 g/mol. The fraction of sp³-hybridized carbons (Fsp3) is 0.133. The monoisotopic (exact) mass is 350 g/mol. The van der Waals surface area contributed by atoms with Crippen LogP contribution in [0.5, 0.6) is 5.75 Å². The molecule has 1 atom stereocenters. The molecule has 0 radical (unpaired) electrons. The van der Waals surface area contributed by atoms with Crippen LogP contribution in [-0.2, 0) is 16.4 Å². The van der Waals surface area contributed by atoms with Gasteiger partial charge >= 0.3 is 0 Å². The van der Waals surface area contributed by atoms with Gasteiger partial charge in [0, 0.05) is 6.42 Å². The van der Waals surface area contributed by atoms with Gasteiger partial charge < -0.3 is 9.26 Å². The summed E-state index contributed by atoms with van der Waals surface area (Å²) < 4.78 is 34.5. The van der Waals surface area contributed by atoms with Gasteiger partial charge in [0.15, 0.2) is 5.58 Å². The first-order chi connectivity index (χ1) is 10.9. The van der Waals surface area contributed by atoms with E-state index >= 15 is 0 Å². The maximum atomic E-state index is 11.7. The number of fused-ring (bicyclic) bond motifs is 2. The van der Waals surface area contributed by atoms with Crippen molar-refractivity contribution in [3.8, 4) is 5.75 Å². The Bertz CT molecular complexity index is 1030. The molecule has 2 heterocycles. The molecule has 2 aromatic carbocycles. The Labute approximate surface area is 136 Å². The van der Waals surface area contributed by atoms with E-state index in [1.54, 1.807) is 30.3 Å². The van der Waals surface area contributed by atoms with Gasteiger partial charge in [0.2, 0.25) is 10.0 Å². The van der Waals surface area contributed by atoms with Crippen LogP contribution < -0.4 is 9.88 Å². The number of nitrogens with zero attached hydrogens (tertiary/aromatic N) is 1. The van der Waals surface area contributed by atoms with E-state index in [-0.39, 0.29) is 10.6 Å². The average Bonchev–Trinajstić information content (AvgIpc) is 3.09. The predicted molar refractivity (Wildman–Crippen MR) is 83.9 cm³/mol. The van der Waals surface area contributed by atoms with Crippen LogP contribution in [0.2, 0.25) is 5.02 Å². The highest BCUT2D eigenvalue weighted by Gasteiger charge is 2.33. The molecule has 118 valence electrons. The van der Waals surface area contributed by atoms with Gasteiger partial charge in [-0.2, -0.15) is 0 Å². The Kier molecular flexibility index (Phi) is 3.12. The Morgan fingerprint density at radius 3 is 2.78 bits per heavy atom. The molecule has 1 aromatic heterocycles. The molecule has 1 aliphatic rings. The molecule has 0 saturated heterocycles. The second kappa shape index (κ2) is 4.95. The van der Waals surface area contributed by atoms with Crippen molar-refractivity contribution in [2.45, 2.75) is 17.4 Å². The van der Waals surface area contributed by atoms with Crippen LogP contribution in [0, 0.1) is 0 Å². The fourth-order valence-electron chi connectivity index (χ4n) is 2.81. The van der Waals surface area contributed by atoms with Crippen LogP contribution in [-0.4, -0.2) is 13.6 Å². The highest BCUT2D eigenvalue weighted by atomic mass is 35.5. The minimum atomic E-state index is -3.87. The van der Waals surface area contributed by atoms with Gasteiger partial charge in [-0.05, 0) is 23.8 Å². The van der Waals surface area contributed by atoms with Crippen molar-refractivity contribution in [3.63, 3.8) is 0 Å². The zero-order valence-corrected chi connectivity index (χ0v) is 13.3. The summed E-state index contributed by atoms with van der Waals surface area (Å²) in [6.07, 6.45) is -0.0139. The van der Waals surface area contributed by atoms with Crippen molar-refractivity contribution in [2.75, 3.05) is 0 Å². The van der Waals surface area contributed by atoms with E-state index < -0.39 is 16.1 Å². The molecule has 8 heteroatoms. The molecule has 0 spiro atoms. The van der Waals surface area contributed by atoms with Gasteiger partial charge in [-0.1, -0.05) is 35.0 Å². The van der Waals surface area contributed by atoms with E-state index in [1.807, 2.05) is 0 Å². The lowest BCUT2D eigenvalue weighted by Crippen LogP contribution is -2.13. The molecule has 23 heavy (non-hydrogen) atoms. The summed E-state index contributed by atoms with van der Waals surface area (Å²) in [6.45, 7) is 0. The van der Waals surface area contributed by atoms with Gasteiger partial charge in [0.05, 0.1) is 10.4 Å². The number of halogens is 1. The van der Waals surface area contributed by atoms with Crippen molar-refractivity contribution in [1.29, 1.82) is 0 Å². The first-order valence-corrected chi connectivity index (χ1v) is 8.73. The molecule has 0 amide bonds. The van der Waals surface area contributed by atoms with Crippen LogP contribution in [0.3, 0.4) is 0 Å². The minimum Gasteiger partial charge on any atom is -0.482 e. The van der Waals surface area contributed by atoms with Gasteiger partial charge in [0.25, 0.3) is 0 Å². The molecule has 1 aliphatic heterocycles. The van der Waals surface area contributed by atoms with Crippen molar-refractivity contribution in [1.82, 2.24) is 5.16 Å². The van der Waals surface area contributed by atoms with Crippen LogP contribution >= 0.6 is 11.6 Å². The van der Waals surface area contributed by atoms with Crippen molar-refractivity contribution < 1.29 is 17.7 Å². The molecule has 0 fully saturated rings. The van der Waals surface area contributed by atoms with E-state index in [0.717, 1.165) is 5.56 Å². The number of hydrogen-bond donors (Lipinski definition) is 1. The summed E-state index contributed by atoms with van der Waals surface area (Å²) in [6, 6.07) is 10.1. The molecule has 1 unspecified atom stereocenters. The Morgan fingerprint density at radius 2 is 2.00 bits per heavy atom. The van der Waals surface area contributed by atoms with E-state index in [0.29, 0.717) is 28.1 Å². The molecule has 0 saturated carbocycles. The third-order valence-electron chi connectivity index (χ3n) is 3.81. The van der Waals surface area contributed by atoms with E-state index in [2.05, 4.69) is 5.16 Å². The first kappa shape index (κ1) is 14.5. The number of hydrogen-bond acceptors (Lipinski definition) is 5. The summed E-state index contributed by atoms with van der Waals surface area (Å²) in [5.74, 6) is 0.267. The third-order valence-corrected chi connectivity index (χ3v) is 5.06. The van der Waals surface area contributed by atoms with Crippen LogP contribution in [0.25, 0.3) is 11.0 Å². The van der Waals surface area contributed by atoms with Crippen LogP contribution in [0.15, 0.2) is 45.8 Å². The fourth-order valence-corrected chi connectivity index (χ4v) is 3.78. The highest BCUT2D eigenvalue weighted by molar-refractivity contribution is 7.89. The molecule has 0 bridgehead atoms. The normalized spacial score (nSPS) is 17.2. The molecule has 0 aliphatic carbocycles. The van der Waals surface area contributed by atoms with Crippen molar-refractivity contribution in [3.05, 3.63) is 52.7 Å². The largest absolute Gasteiger partial charge is 0.482 e. The Hall–Kier alpha value is -2.09. The van der Waals surface area contributed by atoms with E-state index in [1.165, 1.54) is 6.07 Å². The predicted octanol–water partition coefficient (Wildman–Crippen LogP) is 2.80. The summed E-state index contributed by atoms with van der Waals surface area (Å²) in [4.78, 5) is -0.0311. The number of primary sulfonamides is 1. The molecule has 3 aromatic rings. The SMILES string of the molecule is NS(=O)(=O)c1cccc2c1OC(c1noc3cccc(Cl)c13)C2. The first-order valence-electron chi connectivity index (χ1n) is 6.80. The van der Waals surface area contributed by atoms with E-state index in [9.17, 15) is 8.42 Å². The number of rotatable bonds is 2. The second-order valence-electron chi connectivity index (χ2n) is 5.28. The summed E-state index contributed by atoms with van der Waals surface area (Å²) in [7, 11) is -3.87. The van der Waals surface area contributed by atoms with Gasteiger partial charge in [-0.25, -0.2) is 13.6 Å². The quantitative estimate of drug-likeness (QED) is 0.766. The summed E-state index contributed by atoms with van der Waals surface area (Å²) in [5, 5.41) is 10.5. The van der Waals surface area contributed by atoms with Gasteiger partial charge in [-0.3, -0.25) is 0 Å². The average molecular weight is 351 g/mol. The number of para-hydroxylation sites is 1. The zero-order chi connectivity index (χ0) is 16.2. The maximum Gasteiger partial charge on any atom is 0.241 e. The Morgan fingerprint density at radius 1 is 1.22 bits per heavy atom. The van der Waals surface area contributed by atoms with Gasteiger partial charge in [0.1, 0.15) is 22.4 Å². The van der Waals surface area contributed by atoms with Crippen LogP contribution in [0.1, 0.15) is 17.4 Å². The molecule has 2 N–H and O–H groups in total. The lowest BCUT2D eigenvalue weighted by molar-refractivity contribution is 0.222.